The molecule has 29 heavy (non-hydrogen) atoms. The number of hydrogen-bond donors (Lipinski definition) is 0. The predicted octanol–water partition coefficient (Wildman–Crippen LogP) is 7.60. The molecular weight excluding hydrogens is 457 g/mol. The summed E-state index contributed by atoms with van der Waals surface area (Å²) in [5.74, 6) is 0.957. The first-order valence-corrected chi connectivity index (χ1v) is 13.2. The monoisotopic (exact) mass is 472 g/mol. The van der Waals surface area contributed by atoms with E-state index < -0.39 is 13.9 Å². The Balaban J connectivity index is 1.62. The van der Waals surface area contributed by atoms with Gasteiger partial charge in [-0.3, -0.25) is 0 Å². The van der Waals surface area contributed by atoms with Gasteiger partial charge >= 0.3 is 13.9 Å². The third kappa shape index (κ3) is 7.02. The highest BCUT2D eigenvalue weighted by molar-refractivity contribution is 7.82. The minimum Gasteiger partial charge on any atom is -0.405 e. The van der Waals surface area contributed by atoms with Crippen molar-refractivity contribution in [2.75, 3.05) is 0 Å². The number of hydrogen-bond acceptors (Lipinski definition) is 6. The number of halogens is 2. The first kappa shape index (κ1) is 21.6. The van der Waals surface area contributed by atoms with E-state index in [4.69, 9.17) is 40.6 Å². The molecule has 0 heterocycles. The molecule has 0 saturated heterocycles. The molecule has 0 radical (unpaired) electrons. The molecule has 0 N–H and O–H groups in total. The van der Waals surface area contributed by atoms with Crippen LogP contribution in [0.25, 0.3) is 0 Å². The second kappa shape index (κ2) is 9.15. The fourth-order valence-electron chi connectivity index (χ4n) is 2.26. The standard InChI is InChI=1S/C19H16Cl2O6P2/c1-15-6-5-9-19(14-15)27-29(21,23)26-18-12-10-17(11-13-18)25-28(20,22)24-16-7-3-2-4-8-16/h2-14H,1H3. The predicted molar refractivity (Wildman–Crippen MR) is 113 cm³/mol. The highest BCUT2D eigenvalue weighted by Gasteiger charge is 2.26. The lowest BCUT2D eigenvalue weighted by atomic mass is 10.2. The highest BCUT2D eigenvalue weighted by atomic mass is 35.7. The Morgan fingerprint density at radius 1 is 0.586 bits per heavy atom. The van der Waals surface area contributed by atoms with E-state index in [1.807, 2.05) is 13.0 Å². The van der Waals surface area contributed by atoms with Gasteiger partial charge in [0, 0.05) is 22.5 Å². The van der Waals surface area contributed by atoms with E-state index in [9.17, 15) is 9.13 Å². The fraction of sp³-hybridized carbons (Fsp3) is 0.0526. The zero-order valence-corrected chi connectivity index (χ0v) is 18.4. The third-order valence-electron chi connectivity index (χ3n) is 3.41. The summed E-state index contributed by atoms with van der Waals surface area (Å²) in [6.07, 6.45) is 0. The van der Waals surface area contributed by atoms with Crippen molar-refractivity contribution in [1.82, 2.24) is 0 Å². The Labute approximate surface area is 177 Å². The summed E-state index contributed by atoms with van der Waals surface area (Å²) < 4.78 is 45.6. The molecule has 152 valence electrons. The Morgan fingerprint density at radius 2 is 1.00 bits per heavy atom. The largest absolute Gasteiger partial charge is 0.530 e. The Morgan fingerprint density at radius 3 is 1.48 bits per heavy atom. The summed E-state index contributed by atoms with van der Waals surface area (Å²) in [7, 11) is 0. The lowest BCUT2D eigenvalue weighted by molar-refractivity contribution is 0.400. The van der Waals surface area contributed by atoms with Gasteiger partial charge in [0.2, 0.25) is 0 Å². The van der Waals surface area contributed by atoms with Gasteiger partial charge < -0.3 is 18.1 Å². The normalized spacial score (nSPS) is 14.9. The number of aryl methyl sites for hydroxylation is 1. The van der Waals surface area contributed by atoms with Crippen LogP contribution in [0.1, 0.15) is 5.56 Å². The average molecular weight is 473 g/mol. The maximum Gasteiger partial charge on any atom is 0.530 e. The van der Waals surface area contributed by atoms with Crippen LogP contribution in [0.3, 0.4) is 0 Å². The van der Waals surface area contributed by atoms with Crippen molar-refractivity contribution in [2.45, 2.75) is 6.92 Å². The van der Waals surface area contributed by atoms with E-state index in [-0.39, 0.29) is 11.5 Å². The fourth-order valence-corrected chi connectivity index (χ4v) is 4.77. The molecule has 6 nitrogen and oxygen atoms in total. The number of para-hydroxylation sites is 1. The molecule has 0 aromatic heterocycles. The molecule has 10 heteroatoms. The lowest BCUT2D eigenvalue weighted by Gasteiger charge is -2.15. The van der Waals surface area contributed by atoms with Crippen molar-refractivity contribution in [1.29, 1.82) is 0 Å². The van der Waals surface area contributed by atoms with Crippen LogP contribution in [-0.2, 0) is 9.13 Å². The second-order valence-electron chi connectivity index (χ2n) is 5.83. The van der Waals surface area contributed by atoms with Gasteiger partial charge in [-0.2, -0.15) is 0 Å². The van der Waals surface area contributed by atoms with E-state index in [1.54, 1.807) is 48.5 Å². The summed E-state index contributed by atoms with van der Waals surface area (Å²) >= 11 is 11.7. The zero-order valence-electron chi connectivity index (χ0n) is 15.1. The Hall–Kier alpha value is -2.10. The van der Waals surface area contributed by atoms with Crippen LogP contribution in [0.5, 0.6) is 23.0 Å². The smallest absolute Gasteiger partial charge is 0.405 e. The molecule has 3 aromatic carbocycles. The van der Waals surface area contributed by atoms with Crippen LogP contribution in [0.15, 0.2) is 78.9 Å². The number of benzene rings is 3. The van der Waals surface area contributed by atoms with E-state index in [2.05, 4.69) is 0 Å². The van der Waals surface area contributed by atoms with Crippen molar-refractivity contribution >= 4 is 36.4 Å². The van der Waals surface area contributed by atoms with E-state index in [0.717, 1.165) is 5.56 Å². The van der Waals surface area contributed by atoms with Gasteiger partial charge in [-0.1, -0.05) is 30.3 Å². The van der Waals surface area contributed by atoms with Crippen LogP contribution in [0, 0.1) is 6.92 Å². The van der Waals surface area contributed by atoms with Crippen LogP contribution in [0.2, 0.25) is 0 Å². The van der Waals surface area contributed by atoms with Crippen molar-refractivity contribution < 1.29 is 27.2 Å². The third-order valence-corrected chi connectivity index (χ3v) is 5.96. The molecule has 0 amide bonds. The summed E-state index contributed by atoms with van der Waals surface area (Å²) in [5, 5.41) is 0. The van der Waals surface area contributed by atoms with Crippen molar-refractivity contribution in [3.8, 4) is 23.0 Å². The maximum atomic E-state index is 12.4. The summed E-state index contributed by atoms with van der Waals surface area (Å²) in [5.41, 5.74) is 0.920. The zero-order chi connectivity index (χ0) is 20.9. The highest BCUT2D eigenvalue weighted by Crippen LogP contribution is 2.55. The Bertz CT molecular complexity index is 1060. The van der Waals surface area contributed by atoms with Gasteiger partial charge in [0.05, 0.1) is 0 Å². The molecule has 0 aliphatic rings. The van der Waals surface area contributed by atoms with Gasteiger partial charge in [0.15, 0.2) is 0 Å². The minimum atomic E-state index is -3.93. The molecule has 2 unspecified atom stereocenters. The van der Waals surface area contributed by atoms with Gasteiger partial charge in [-0.15, -0.1) is 0 Å². The second-order valence-corrected chi connectivity index (χ2v) is 10.8. The topological polar surface area (TPSA) is 71.1 Å². The van der Waals surface area contributed by atoms with E-state index in [0.29, 0.717) is 11.5 Å². The van der Waals surface area contributed by atoms with E-state index in [1.165, 1.54) is 24.3 Å². The lowest BCUT2D eigenvalue weighted by Crippen LogP contribution is -1.97. The van der Waals surface area contributed by atoms with Gasteiger partial charge in [-0.25, -0.2) is 9.13 Å². The first-order chi connectivity index (χ1) is 13.7. The van der Waals surface area contributed by atoms with Crippen LogP contribution >= 0.6 is 36.4 Å². The van der Waals surface area contributed by atoms with Crippen molar-refractivity contribution in [3.63, 3.8) is 0 Å². The van der Waals surface area contributed by atoms with E-state index >= 15 is 0 Å². The maximum absolute atomic E-state index is 12.4. The molecule has 0 aliphatic heterocycles. The molecule has 3 rings (SSSR count). The summed E-state index contributed by atoms with van der Waals surface area (Å²) in [4.78, 5) is 0. The van der Waals surface area contributed by atoms with Gasteiger partial charge in [0.1, 0.15) is 23.0 Å². The molecule has 0 fully saturated rings. The van der Waals surface area contributed by atoms with Crippen molar-refractivity contribution in [3.05, 3.63) is 84.4 Å². The molecule has 3 aromatic rings. The van der Waals surface area contributed by atoms with Gasteiger partial charge in [-0.05, 0) is 61.0 Å². The summed E-state index contributed by atoms with van der Waals surface area (Å²) in [6.45, 7) is -5.99. The molecule has 0 saturated carbocycles. The van der Waals surface area contributed by atoms with Crippen LogP contribution < -0.4 is 18.1 Å². The Kier molecular flexibility index (Phi) is 6.81. The molecule has 0 bridgehead atoms. The molecule has 0 aliphatic carbocycles. The first-order valence-electron chi connectivity index (χ1n) is 8.30. The van der Waals surface area contributed by atoms with Crippen molar-refractivity contribution in [2.24, 2.45) is 0 Å². The van der Waals surface area contributed by atoms with Crippen LogP contribution in [0.4, 0.5) is 0 Å². The summed E-state index contributed by atoms with van der Waals surface area (Å²) in [6, 6.07) is 21.0. The SMILES string of the molecule is Cc1cccc(OP(=O)(Cl)Oc2ccc(OP(=O)(Cl)Oc3ccccc3)cc2)c1. The minimum absolute atomic E-state index is 0.163. The molecular formula is C19H16Cl2O6P2. The van der Waals surface area contributed by atoms with Crippen LogP contribution in [-0.4, -0.2) is 0 Å². The molecule has 0 spiro atoms. The molecule has 2 atom stereocenters. The van der Waals surface area contributed by atoms with Gasteiger partial charge in [0.25, 0.3) is 0 Å². The number of rotatable bonds is 8. The quantitative estimate of drug-likeness (QED) is 0.314. The average Bonchev–Trinajstić information content (AvgIpc) is 2.63.